The number of fused-ring (bicyclic) bond motifs is 8. The molecule has 0 atom stereocenters. The van der Waals surface area contributed by atoms with Crippen LogP contribution in [-0.4, -0.2) is 42.1 Å². The quantitative estimate of drug-likeness (QED) is 0.175. The summed E-state index contributed by atoms with van der Waals surface area (Å²) in [5.74, 6) is -1.74. The molecule has 4 N–H and O–H groups in total. The number of aromatic amines is 2. The van der Waals surface area contributed by atoms with Crippen LogP contribution in [0, 0.1) is 13.8 Å². The third-order valence-electron chi connectivity index (χ3n) is 8.69. The maximum Gasteiger partial charge on any atom is 0.303 e. The smallest absolute Gasteiger partial charge is 0.303 e. The van der Waals surface area contributed by atoms with Crippen molar-refractivity contribution in [1.82, 2.24) is 19.9 Å². The zero-order valence-corrected chi connectivity index (χ0v) is 27.6. The zero-order valence-electron chi connectivity index (χ0n) is 25.5. The fraction of sp³-hybridized carbons (Fsp3) is 0.353. The van der Waals surface area contributed by atoms with Gasteiger partial charge in [0.05, 0.1) is 22.8 Å². The first kappa shape index (κ1) is 32.2. The summed E-state index contributed by atoms with van der Waals surface area (Å²) in [6.45, 7) is 12.5. The number of allylic oxidation sites excluding steroid dienone is 4. The van der Waals surface area contributed by atoms with Crippen molar-refractivity contribution < 1.29 is 42.2 Å². The van der Waals surface area contributed by atoms with Crippen LogP contribution in [0.5, 0.6) is 0 Å². The molecule has 0 fully saturated rings. The van der Waals surface area contributed by atoms with Crippen molar-refractivity contribution in [2.45, 2.75) is 80.1 Å². The van der Waals surface area contributed by atoms with Crippen molar-refractivity contribution in [2.75, 3.05) is 0 Å². The molecule has 9 heteroatoms. The van der Waals surface area contributed by atoms with Crippen LogP contribution in [0.3, 0.4) is 0 Å². The van der Waals surface area contributed by atoms with Gasteiger partial charge in [0.25, 0.3) is 0 Å². The van der Waals surface area contributed by atoms with E-state index >= 15 is 0 Å². The van der Waals surface area contributed by atoms with Crippen LogP contribution in [0.25, 0.3) is 44.4 Å². The van der Waals surface area contributed by atoms with E-state index in [0.29, 0.717) is 24.2 Å². The second-order valence-corrected chi connectivity index (χ2v) is 11.2. The van der Waals surface area contributed by atoms with Crippen LogP contribution in [-0.2, 0) is 44.8 Å². The number of aryl methyl sites for hydroxylation is 4. The molecule has 2 aliphatic heterocycles. The van der Waals surface area contributed by atoms with Crippen LogP contribution >= 0.6 is 0 Å². The fourth-order valence-corrected chi connectivity index (χ4v) is 6.22. The molecule has 2 aliphatic rings. The van der Waals surface area contributed by atoms with Gasteiger partial charge in [0.2, 0.25) is 0 Å². The van der Waals surface area contributed by atoms with Gasteiger partial charge in [-0.1, -0.05) is 13.8 Å². The maximum atomic E-state index is 11.5. The molecule has 5 heterocycles. The monoisotopic (exact) mass is 763 g/mol. The maximum absolute atomic E-state index is 11.5. The Kier molecular flexibility index (Phi) is 9.64. The normalized spacial score (nSPS) is 13.0. The Labute approximate surface area is 266 Å². The molecule has 0 saturated carbocycles. The molecular formula is C34H38AuN4O4. The standard InChI is InChI=1S/C34H38N4O4.Au/c1-7-21-17(3)25-13-26-19(5)23(9-11-33(39)40)31(37-26)16-32-24(10-12-34(41)42)20(6)28(38-32)15-30-22(8-2)18(4)27(36-30)14-29(21)35-25;/h13-16,35-36H,7-12H2,1-6H3,(H,39,40)(H,41,42);. The van der Waals surface area contributed by atoms with Gasteiger partial charge in [-0.05, 0) is 122 Å². The number of carbonyl (C=O) groups is 2. The molecule has 3 aromatic rings. The van der Waals surface area contributed by atoms with E-state index in [-0.39, 0.29) is 35.2 Å². The first-order valence-corrected chi connectivity index (χ1v) is 14.6. The number of hydrogen-bond acceptors (Lipinski definition) is 4. The van der Waals surface area contributed by atoms with Gasteiger partial charge in [-0.2, -0.15) is 0 Å². The number of carboxylic acid groups (broad SMARTS) is 2. The molecular weight excluding hydrogens is 725 g/mol. The average Bonchev–Trinajstić information content (AvgIpc) is 3.59. The zero-order chi connectivity index (χ0) is 30.3. The number of aliphatic carboxylic acids is 2. The molecule has 3 aromatic heterocycles. The molecule has 8 nitrogen and oxygen atoms in total. The molecule has 229 valence electrons. The predicted molar refractivity (Wildman–Crippen MR) is 168 cm³/mol. The minimum absolute atomic E-state index is 0. The number of H-pyrrole nitrogens is 2. The Morgan fingerprint density at radius 3 is 1.44 bits per heavy atom. The molecule has 1 radical (unpaired) electrons. The van der Waals surface area contributed by atoms with Crippen molar-refractivity contribution in [1.29, 1.82) is 0 Å². The Morgan fingerprint density at radius 2 is 1.02 bits per heavy atom. The van der Waals surface area contributed by atoms with Gasteiger partial charge in [-0.15, -0.1) is 0 Å². The van der Waals surface area contributed by atoms with Crippen LogP contribution < -0.4 is 0 Å². The van der Waals surface area contributed by atoms with Crippen molar-refractivity contribution in [3.05, 3.63) is 69.3 Å². The first-order chi connectivity index (χ1) is 20.0. The fourth-order valence-electron chi connectivity index (χ4n) is 6.22. The van der Waals surface area contributed by atoms with Gasteiger partial charge in [0, 0.05) is 57.3 Å². The first-order valence-electron chi connectivity index (χ1n) is 14.6. The van der Waals surface area contributed by atoms with E-state index in [1.807, 2.05) is 26.0 Å². The topological polar surface area (TPSA) is 132 Å². The van der Waals surface area contributed by atoms with Gasteiger partial charge >= 0.3 is 11.9 Å². The van der Waals surface area contributed by atoms with Crippen molar-refractivity contribution in [3.8, 4) is 0 Å². The third kappa shape index (κ3) is 6.18. The second kappa shape index (κ2) is 12.9. The molecule has 0 amide bonds. The van der Waals surface area contributed by atoms with Crippen molar-refractivity contribution >= 4 is 56.3 Å². The van der Waals surface area contributed by atoms with Crippen LogP contribution in [0.15, 0.2) is 24.3 Å². The number of nitrogens with zero attached hydrogens (tertiary/aromatic N) is 2. The number of nitrogens with one attached hydrogen (secondary N) is 2. The number of carboxylic acids is 2. The number of hydrogen-bond donors (Lipinski definition) is 4. The predicted octanol–water partition coefficient (Wildman–Crippen LogP) is 7.64. The molecule has 0 spiro atoms. The van der Waals surface area contributed by atoms with E-state index in [1.165, 1.54) is 16.7 Å². The number of aromatic nitrogens is 4. The Bertz CT molecular complexity index is 1860. The number of rotatable bonds is 8. The molecule has 5 rings (SSSR count). The molecule has 0 unspecified atom stereocenters. The van der Waals surface area contributed by atoms with E-state index in [4.69, 9.17) is 9.97 Å². The third-order valence-corrected chi connectivity index (χ3v) is 8.69. The van der Waals surface area contributed by atoms with Crippen LogP contribution in [0.1, 0.15) is 98.4 Å². The van der Waals surface area contributed by atoms with E-state index in [2.05, 4.69) is 49.8 Å². The van der Waals surface area contributed by atoms with E-state index in [0.717, 1.165) is 74.2 Å². The Balaban J connectivity index is 0.00000423. The molecule has 8 bridgehead atoms. The summed E-state index contributed by atoms with van der Waals surface area (Å²) in [6, 6.07) is 8.19. The van der Waals surface area contributed by atoms with Crippen molar-refractivity contribution in [3.63, 3.8) is 0 Å². The summed E-state index contributed by atoms with van der Waals surface area (Å²) in [5, 5.41) is 18.9. The van der Waals surface area contributed by atoms with E-state index in [1.54, 1.807) is 0 Å². The Hall–Kier alpha value is -3.72. The largest absolute Gasteiger partial charge is 0.481 e. The molecule has 43 heavy (non-hydrogen) atoms. The minimum Gasteiger partial charge on any atom is -0.481 e. The summed E-state index contributed by atoms with van der Waals surface area (Å²) < 4.78 is 0. The summed E-state index contributed by atoms with van der Waals surface area (Å²) in [5.41, 5.74) is 15.4. The summed E-state index contributed by atoms with van der Waals surface area (Å²) in [7, 11) is 0. The second-order valence-electron chi connectivity index (χ2n) is 11.2. The van der Waals surface area contributed by atoms with Crippen LogP contribution in [0.2, 0.25) is 0 Å². The summed E-state index contributed by atoms with van der Waals surface area (Å²) in [4.78, 5) is 40.3. The van der Waals surface area contributed by atoms with E-state index < -0.39 is 11.9 Å². The van der Waals surface area contributed by atoms with Crippen molar-refractivity contribution in [2.24, 2.45) is 0 Å². The molecule has 0 aliphatic carbocycles. The van der Waals surface area contributed by atoms with Gasteiger partial charge in [0.1, 0.15) is 0 Å². The molecule has 0 saturated heterocycles. The van der Waals surface area contributed by atoms with Gasteiger partial charge < -0.3 is 20.2 Å². The van der Waals surface area contributed by atoms with Gasteiger partial charge in [-0.3, -0.25) is 9.59 Å². The summed E-state index contributed by atoms with van der Waals surface area (Å²) >= 11 is 0. The minimum atomic E-state index is -0.869. The summed E-state index contributed by atoms with van der Waals surface area (Å²) in [6.07, 6.45) is 2.37. The van der Waals surface area contributed by atoms with E-state index in [9.17, 15) is 19.8 Å². The average molecular weight is 764 g/mol. The van der Waals surface area contributed by atoms with Gasteiger partial charge in [0.15, 0.2) is 0 Å². The SMILES string of the molecule is CCc1c(C)c2cc3[nH]c(cc4nc(cc5nc(cc1[nH]2)C(C)=C5CCC(=O)O)C(CCC(=O)O)=C4C)c(C)c3CC.[Au]. The Morgan fingerprint density at radius 1 is 0.628 bits per heavy atom. The van der Waals surface area contributed by atoms with Crippen LogP contribution in [0.4, 0.5) is 0 Å². The molecule has 0 aromatic carbocycles. The van der Waals surface area contributed by atoms with Gasteiger partial charge in [-0.25, -0.2) is 9.97 Å².